The van der Waals surface area contributed by atoms with Crippen molar-refractivity contribution in [2.75, 3.05) is 7.11 Å². The molecule has 1 heterocycles. The van der Waals surface area contributed by atoms with Crippen LogP contribution in [0.5, 0.6) is 11.5 Å². The monoisotopic (exact) mass is 370 g/mol. The first-order chi connectivity index (χ1) is 12.2. The predicted octanol–water partition coefficient (Wildman–Crippen LogP) is 4.77. The number of benzene rings is 1. The Kier molecular flexibility index (Phi) is 5.77. The zero-order chi connectivity index (χ0) is 19.3. The largest absolute Gasteiger partial charge is 0.493 e. The van der Waals surface area contributed by atoms with Crippen molar-refractivity contribution in [2.45, 2.75) is 12.8 Å². The van der Waals surface area contributed by atoms with Crippen LogP contribution in [0.3, 0.4) is 0 Å². The SMILES string of the molecule is COc1cc(/C=C(\C#N)c2ccc(C(F)(F)F)cn2)ccc1OC(F)F. The fourth-order valence-electron chi connectivity index (χ4n) is 2.02. The molecule has 1 aromatic carbocycles. The minimum Gasteiger partial charge on any atom is -0.493 e. The van der Waals surface area contributed by atoms with Crippen LogP contribution in [-0.4, -0.2) is 18.7 Å². The predicted molar refractivity (Wildman–Crippen MR) is 82.3 cm³/mol. The van der Waals surface area contributed by atoms with Crippen LogP contribution in [0.4, 0.5) is 22.0 Å². The molecule has 0 bridgehead atoms. The minimum absolute atomic E-state index is 0.0108. The summed E-state index contributed by atoms with van der Waals surface area (Å²) in [5.41, 5.74) is -0.522. The first kappa shape index (κ1) is 19.2. The first-order valence-electron chi connectivity index (χ1n) is 7.03. The van der Waals surface area contributed by atoms with E-state index in [2.05, 4.69) is 9.72 Å². The average Bonchev–Trinajstić information content (AvgIpc) is 2.59. The Morgan fingerprint density at radius 3 is 2.42 bits per heavy atom. The van der Waals surface area contributed by atoms with E-state index in [1.807, 2.05) is 6.07 Å². The summed E-state index contributed by atoms with van der Waals surface area (Å²) in [6, 6.07) is 7.69. The Hall–Kier alpha value is -3.15. The number of halogens is 5. The third kappa shape index (κ3) is 4.69. The fourth-order valence-corrected chi connectivity index (χ4v) is 2.02. The minimum atomic E-state index is -4.53. The summed E-state index contributed by atoms with van der Waals surface area (Å²) in [5, 5.41) is 9.23. The highest BCUT2D eigenvalue weighted by atomic mass is 19.4. The molecular weight excluding hydrogens is 359 g/mol. The molecule has 0 saturated heterocycles. The second-order valence-electron chi connectivity index (χ2n) is 4.89. The highest BCUT2D eigenvalue weighted by Crippen LogP contribution is 2.32. The van der Waals surface area contributed by atoms with E-state index >= 15 is 0 Å². The normalized spacial score (nSPS) is 12.0. The van der Waals surface area contributed by atoms with Gasteiger partial charge in [-0.15, -0.1) is 0 Å². The standard InChI is InChI=1S/C17H11F5N2O2/c1-25-15-7-10(2-5-14(15)26-16(18)19)6-11(8-23)13-4-3-12(9-24-13)17(20,21)22/h2-7,9,16H,1H3/b11-6+. The molecule has 0 aliphatic heterocycles. The first-order valence-corrected chi connectivity index (χ1v) is 7.03. The summed E-state index contributed by atoms with van der Waals surface area (Å²) >= 11 is 0. The zero-order valence-electron chi connectivity index (χ0n) is 13.2. The molecule has 0 unspecified atom stereocenters. The van der Waals surface area contributed by atoms with Gasteiger partial charge < -0.3 is 9.47 Å². The topological polar surface area (TPSA) is 55.1 Å². The highest BCUT2D eigenvalue weighted by Gasteiger charge is 2.30. The Balaban J connectivity index is 2.35. The van der Waals surface area contributed by atoms with E-state index in [1.54, 1.807) is 0 Å². The average molecular weight is 370 g/mol. The van der Waals surface area contributed by atoms with E-state index < -0.39 is 18.4 Å². The molecule has 0 aliphatic rings. The van der Waals surface area contributed by atoms with Crippen molar-refractivity contribution in [3.8, 4) is 17.6 Å². The molecule has 136 valence electrons. The number of nitrogens with zero attached hydrogens (tertiary/aromatic N) is 2. The van der Waals surface area contributed by atoms with Gasteiger partial charge in [0.1, 0.15) is 6.07 Å². The Morgan fingerprint density at radius 2 is 1.92 bits per heavy atom. The molecule has 0 radical (unpaired) electrons. The van der Waals surface area contributed by atoms with E-state index in [9.17, 15) is 27.2 Å². The molecule has 0 N–H and O–H groups in total. The number of pyridine rings is 1. The van der Waals surface area contributed by atoms with Crippen molar-refractivity contribution in [3.63, 3.8) is 0 Å². The fraction of sp³-hybridized carbons (Fsp3) is 0.176. The summed E-state index contributed by atoms with van der Waals surface area (Å²) in [6.45, 7) is -3.03. The smallest absolute Gasteiger partial charge is 0.417 e. The molecule has 0 atom stereocenters. The van der Waals surface area contributed by atoms with Gasteiger partial charge in [-0.25, -0.2) is 0 Å². The molecule has 0 aliphatic carbocycles. The summed E-state index contributed by atoms with van der Waals surface area (Å²) in [6.07, 6.45) is -2.57. The van der Waals surface area contributed by atoms with E-state index in [0.29, 0.717) is 11.8 Å². The Morgan fingerprint density at radius 1 is 1.19 bits per heavy atom. The van der Waals surface area contributed by atoms with Crippen LogP contribution in [0.1, 0.15) is 16.8 Å². The van der Waals surface area contributed by atoms with Gasteiger partial charge in [0.25, 0.3) is 0 Å². The maximum absolute atomic E-state index is 12.6. The van der Waals surface area contributed by atoms with Crippen LogP contribution < -0.4 is 9.47 Å². The van der Waals surface area contributed by atoms with Crippen LogP contribution in [0.15, 0.2) is 36.5 Å². The number of ether oxygens (including phenoxy) is 2. The summed E-state index contributed by atoms with van der Waals surface area (Å²) < 4.78 is 71.6. The summed E-state index contributed by atoms with van der Waals surface area (Å²) in [4.78, 5) is 3.65. The third-order valence-corrected chi connectivity index (χ3v) is 3.20. The third-order valence-electron chi connectivity index (χ3n) is 3.20. The number of rotatable bonds is 5. The molecular formula is C17H11F5N2O2. The lowest BCUT2D eigenvalue weighted by atomic mass is 10.1. The van der Waals surface area contributed by atoms with E-state index in [4.69, 9.17) is 4.74 Å². The van der Waals surface area contributed by atoms with Crippen molar-refractivity contribution in [3.05, 3.63) is 53.3 Å². The molecule has 2 rings (SSSR count). The molecule has 0 fully saturated rings. The number of hydrogen-bond acceptors (Lipinski definition) is 4. The van der Waals surface area contributed by atoms with Crippen molar-refractivity contribution < 1.29 is 31.4 Å². The van der Waals surface area contributed by atoms with Gasteiger partial charge in [0.2, 0.25) is 0 Å². The number of methoxy groups -OCH3 is 1. The number of allylic oxidation sites excluding steroid dienone is 1. The van der Waals surface area contributed by atoms with Gasteiger partial charge in [0, 0.05) is 6.20 Å². The van der Waals surface area contributed by atoms with Gasteiger partial charge in [-0.05, 0) is 35.9 Å². The summed E-state index contributed by atoms with van der Waals surface area (Å²) in [7, 11) is 1.25. The van der Waals surface area contributed by atoms with Gasteiger partial charge >= 0.3 is 12.8 Å². The number of nitriles is 1. The molecule has 2 aromatic rings. The Labute approximate surface area is 145 Å². The van der Waals surface area contributed by atoms with Gasteiger partial charge in [0.15, 0.2) is 11.5 Å². The van der Waals surface area contributed by atoms with E-state index in [0.717, 1.165) is 12.1 Å². The van der Waals surface area contributed by atoms with Gasteiger partial charge in [-0.2, -0.15) is 27.2 Å². The number of aromatic nitrogens is 1. The van der Waals surface area contributed by atoms with Crippen LogP contribution in [0.2, 0.25) is 0 Å². The van der Waals surface area contributed by atoms with Crippen LogP contribution in [-0.2, 0) is 6.18 Å². The van der Waals surface area contributed by atoms with Crippen LogP contribution >= 0.6 is 0 Å². The molecule has 0 saturated carbocycles. The summed E-state index contributed by atoms with van der Waals surface area (Å²) in [5.74, 6) is -0.178. The number of alkyl halides is 5. The maximum Gasteiger partial charge on any atom is 0.417 e. The van der Waals surface area contributed by atoms with Crippen LogP contribution in [0, 0.1) is 11.3 Å². The van der Waals surface area contributed by atoms with Crippen molar-refractivity contribution in [1.82, 2.24) is 4.98 Å². The second-order valence-corrected chi connectivity index (χ2v) is 4.89. The van der Waals surface area contributed by atoms with Crippen molar-refractivity contribution in [1.29, 1.82) is 5.26 Å². The molecule has 9 heteroatoms. The lowest BCUT2D eigenvalue weighted by Gasteiger charge is -2.10. The van der Waals surface area contributed by atoms with E-state index in [-0.39, 0.29) is 22.8 Å². The quantitative estimate of drug-likeness (QED) is 0.562. The molecule has 1 aromatic heterocycles. The molecule has 0 spiro atoms. The van der Waals surface area contributed by atoms with E-state index in [1.165, 1.54) is 31.4 Å². The van der Waals surface area contributed by atoms with Gasteiger partial charge in [0.05, 0.1) is 23.9 Å². The molecule has 4 nitrogen and oxygen atoms in total. The number of hydrogen-bond donors (Lipinski definition) is 0. The Bertz CT molecular complexity index is 840. The molecule has 26 heavy (non-hydrogen) atoms. The lowest BCUT2D eigenvalue weighted by Crippen LogP contribution is -2.05. The maximum atomic E-state index is 12.6. The zero-order valence-corrected chi connectivity index (χ0v) is 13.2. The second kappa shape index (κ2) is 7.82. The van der Waals surface area contributed by atoms with Gasteiger partial charge in [-0.3, -0.25) is 4.98 Å². The van der Waals surface area contributed by atoms with Crippen LogP contribution in [0.25, 0.3) is 11.6 Å². The van der Waals surface area contributed by atoms with Gasteiger partial charge in [-0.1, -0.05) is 6.07 Å². The lowest BCUT2D eigenvalue weighted by molar-refractivity contribution is -0.137. The highest BCUT2D eigenvalue weighted by molar-refractivity contribution is 5.88. The van der Waals surface area contributed by atoms with Crippen molar-refractivity contribution >= 4 is 11.6 Å². The molecule has 0 amide bonds. The van der Waals surface area contributed by atoms with Crippen molar-refractivity contribution in [2.24, 2.45) is 0 Å².